The quantitative estimate of drug-likeness (QED) is 0.625. The maximum Gasteiger partial charge on any atom is 0.221 e. The number of hydrogen-bond acceptors (Lipinski definition) is 2. The molecule has 1 aliphatic carbocycles. The van der Waals surface area contributed by atoms with Gasteiger partial charge in [0.2, 0.25) is 5.91 Å². The predicted octanol–water partition coefficient (Wildman–Crippen LogP) is 5.15. The number of ether oxygens (including phenoxy) is 1. The highest BCUT2D eigenvalue weighted by molar-refractivity contribution is 5.86. The molecule has 0 bridgehead atoms. The van der Waals surface area contributed by atoms with Crippen molar-refractivity contribution in [2.75, 3.05) is 7.11 Å². The van der Waals surface area contributed by atoms with Gasteiger partial charge in [0.25, 0.3) is 0 Å². The van der Waals surface area contributed by atoms with Gasteiger partial charge in [0.1, 0.15) is 5.75 Å². The molecule has 0 radical (unpaired) electrons. The molecule has 0 aliphatic heterocycles. The molecule has 4 heteroatoms. The van der Waals surface area contributed by atoms with Crippen LogP contribution in [-0.2, 0) is 4.79 Å². The van der Waals surface area contributed by atoms with Crippen LogP contribution in [0.3, 0.4) is 0 Å². The van der Waals surface area contributed by atoms with E-state index in [9.17, 15) is 4.79 Å². The summed E-state index contributed by atoms with van der Waals surface area (Å²) in [6, 6.07) is 16.7. The van der Waals surface area contributed by atoms with Crippen LogP contribution in [-0.4, -0.2) is 24.0 Å². The Labute approximate surface area is 166 Å². The number of amides is 1. The van der Waals surface area contributed by atoms with E-state index >= 15 is 0 Å². The van der Waals surface area contributed by atoms with Crippen LogP contribution in [0.4, 0.5) is 0 Å². The minimum absolute atomic E-state index is 0.00523. The molecule has 1 amide bonds. The van der Waals surface area contributed by atoms with Gasteiger partial charge in [0.15, 0.2) is 0 Å². The number of carbonyl (C=O) groups is 1. The van der Waals surface area contributed by atoms with Crippen molar-refractivity contribution in [3.8, 4) is 5.75 Å². The van der Waals surface area contributed by atoms with Crippen LogP contribution in [0.15, 0.2) is 54.7 Å². The second-order valence-electron chi connectivity index (χ2n) is 7.72. The molecule has 146 valence electrons. The molecule has 3 aromatic rings. The summed E-state index contributed by atoms with van der Waals surface area (Å²) in [5.74, 6) is 0.969. The number of fused-ring (bicyclic) bond motifs is 1. The lowest BCUT2D eigenvalue weighted by atomic mass is 9.87. The van der Waals surface area contributed by atoms with Crippen LogP contribution in [0.1, 0.15) is 55.6 Å². The molecule has 1 aliphatic rings. The number of nitrogens with one attached hydrogen (secondary N) is 2. The highest BCUT2D eigenvalue weighted by Crippen LogP contribution is 2.34. The van der Waals surface area contributed by atoms with Crippen LogP contribution < -0.4 is 10.1 Å². The number of benzene rings is 2. The molecular formula is C24H28N2O2. The van der Waals surface area contributed by atoms with Crippen molar-refractivity contribution >= 4 is 16.8 Å². The first-order chi connectivity index (χ1) is 13.7. The Balaban J connectivity index is 1.61. The molecule has 28 heavy (non-hydrogen) atoms. The second-order valence-corrected chi connectivity index (χ2v) is 7.72. The van der Waals surface area contributed by atoms with Gasteiger partial charge in [-0.15, -0.1) is 0 Å². The van der Waals surface area contributed by atoms with Gasteiger partial charge in [-0.2, -0.15) is 0 Å². The van der Waals surface area contributed by atoms with E-state index in [1.807, 2.05) is 30.5 Å². The zero-order valence-corrected chi connectivity index (χ0v) is 16.4. The van der Waals surface area contributed by atoms with E-state index in [0.29, 0.717) is 12.5 Å². The number of aromatic nitrogens is 1. The minimum Gasteiger partial charge on any atom is -0.497 e. The molecular weight excluding hydrogens is 348 g/mol. The van der Waals surface area contributed by atoms with E-state index in [1.165, 1.54) is 30.2 Å². The SMILES string of the molecule is COc1ccc(C(CC(=O)NC2CCCCC2)c2c[nH]c3ccccc23)cc1. The topological polar surface area (TPSA) is 54.1 Å². The Hall–Kier alpha value is -2.75. The Bertz CT molecular complexity index is 923. The lowest BCUT2D eigenvalue weighted by Gasteiger charge is -2.24. The molecule has 4 rings (SSSR count). The molecule has 1 unspecified atom stereocenters. The minimum atomic E-state index is 0.00523. The fraction of sp³-hybridized carbons (Fsp3) is 0.375. The Kier molecular flexibility index (Phi) is 5.65. The van der Waals surface area contributed by atoms with Crippen molar-refractivity contribution in [3.63, 3.8) is 0 Å². The first-order valence-corrected chi connectivity index (χ1v) is 10.2. The Morgan fingerprint density at radius 3 is 2.61 bits per heavy atom. The summed E-state index contributed by atoms with van der Waals surface area (Å²) >= 11 is 0. The van der Waals surface area contributed by atoms with E-state index in [1.54, 1.807) is 7.11 Å². The van der Waals surface area contributed by atoms with E-state index in [2.05, 4.69) is 34.6 Å². The van der Waals surface area contributed by atoms with E-state index in [0.717, 1.165) is 29.7 Å². The third-order valence-electron chi connectivity index (χ3n) is 5.87. The zero-order valence-electron chi connectivity index (χ0n) is 16.4. The summed E-state index contributed by atoms with van der Waals surface area (Å²) in [4.78, 5) is 16.3. The summed E-state index contributed by atoms with van der Waals surface area (Å²) in [5, 5.41) is 4.45. The van der Waals surface area contributed by atoms with Gasteiger partial charge in [0, 0.05) is 35.5 Å². The Morgan fingerprint density at radius 1 is 1.11 bits per heavy atom. The van der Waals surface area contributed by atoms with Crippen molar-refractivity contribution in [1.29, 1.82) is 0 Å². The third-order valence-corrected chi connectivity index (χ3v) is 5.87. The van der Waals surface area contributed by atoms with Crippen molar-refractivity contribution in [2.24, 2.45) is 0 Å². The first kappa shape index (κ1) is 18.6. The largest absolute Gasteiger partial charge is 0.497 e. The fourth-order valence-electron chi connectivity index (χ4n) is 4.34. The summed E-state index contributed by atoms with van der Waals surface area (Å²) in [6.07, 6.45) is 8.43. The van der Waals surface area contributed by atoms with Crippen molar-refractivity contribution in [2.45, 2.75) is 50.5 Å². The summed E-state index contributed by atoms with van der Waals surface area (Å²) in [5.41, 5.74) is 3.40. The smallest absolute Gasteiger partial charge is 0.221 e. The average Bonchev–Trinajstić information content (AvgIpc) is 3.17. The van der Waals surface area contributed by atoms with Crippen molar-refractivity contribution < 1.29 is 9.53 Å². The van der Waals surface area contributed by atoms with E-state index in [4.69, 9.17) is 4.74 Å². The summed E-state index contributed by atoms with van der Waals surface area (Å²) in [6.45, 7) is 0. The van der Waals surface area contributed by atoms with E-state index < -0.39 is 0 Å². The third kappa shape index (κ3) is 4.06. The number of hydrogen-bond donors (Lipinski definition) is 2. The molecule has 1 heterocycles. The number of aromatic amines is 1. The lowest BCUT2D eigenvalue weighted by Crippen LogP contribution is -2.36. The van der Waals surface area contributed by atoms with Crippen LogP contribution in [0.2, 0.25) is 0 Å². The summed E-state index contributed by atoms with van der Waals surface area (Å²) < 4.78 is 5.31. The van der Waals surface area contributed by atoms with Crippen LogP contribution in [0.5, 0.6) is 5.75 Å². The second kappa shape index (κ2) is 8.51. The van der Waals surface area contributed by atoms with Gasteiger partial charge in [-0.3, -0.25) is 4.79 Å². The molecule has 0 spiro atoms. The van der Waals surface area contributed by atoms with E-state index in [-0.39, 0.29) is 11.8 Å². The fourth-order valence-corrected chi connectivity index (χ4v) is 4.34. The molecule has 0 saturated heterocycles. The summed E-state index contributed by atoms with van der Waals surface area (Å²) in [7, 11) is 1.67. The molecule has 2 aromatic carbocycles. The van der Waals surface area contributed by atoms with Crippen LogP contribution in [0.25, 0.3) is 10.9 Å². The van der Waals surface area contributed by atoms with Gasteiger partial charge in [0.05, 0.1) is 7.11 Å². The zero-order chi connectivity index (χ0) is 19.3. The molecule has 1 atom stereocenters. The van der Waals surface area contributed by atoms with Gasteiger partial charge < -0.3 is 15.0 Å². The van der Waals surface area contributed by atoms with Gasteiger partial charge >= 0.3 is 0 Å². The van der Waals surface area contributed by atoms with Gasteiger partial charge in [-0.25, -0.2) is 0 Å². The average molecular weight is 376 g/mol. The number of para-hydroxylation sites is 1. The highest BCUT2D eigenvalue weighted by Gasteiger charge is 2.23. The monoisotopic (exact) mass is 376 g/mol. The normalized spacial score (nSPS) is 16.0. The van der Waals surface area contributed by atoms with Crippen LogP contribution >= 0.6 is 0 Å². The lowest BCUT2D eigenvalue weighted by molar-refractivity contribution is -0.122. The predicted molar refractivity (Wildman–Crippen MR) is 113 cm³/mol. The maximum atomic E-state index is 12.9. The first-order valence-electron chi connectivity index (χ1n) is 10.2. The molecule has 2 N–H and O–H groups in total. The number of carbonyl (C=O) groups excluding carboxylic acids is 1. The van der Waals surface area contributed by atoms with Crippen molar-refractivity contribution in [1.82, 2.24) is 10.3 Å². The molecule has 1 aromatic heterocycles. The van der Waals surface area contributed by atoms with Gasteiger partial charge in [-0.05, 0) is 42.2 Å². The standard InChI is InChI=1S/C24H28N2O2/c1-28-19-13-11-17(12-14-19)21(15-24(27)26-18-7-3-2-4-8-18)22-16-25-23-10-6-5-9-20(22)23/h5-6,9-14,16,18,21,25H,2-4,7-8,15H2,1H3,(H,26,27). The molecule has 4 nitrogen and oxygen atoms in total. The number of rotatable bonds is 6. The van der Waals surface area contributed by atoms with Gasteiger partial charge in [-0.1, -0.05) is 49.6 Å². The Morgan fingerprint density at radius 2 is 1.86 bits per heavy atom. The highest BCUT2D eigenvalue weighted by atomic mass is 16.5. The van der Waals surface area contributed by atoms with Crippen LogP contribution in [0, 0.1) is 0 Å². The maximum absolute atomic E-state index is 12.9. The molecule has 1 saturated carbocycles. The number of H-pyrrole nitrogens is 1. The van der Waals surface area contributed by atoms with Crippen molar-refractivity contribution in [3.05, 3.63) is 65.9 Å². The number of methoxy groups -OCH3 is 1. The molecule has 1 fully saturated rings.